The number of nitrogens with one attached hydrogen (secondary N) is 2. The number of amides is 2. The third-order valence-corrected chi connectivity index (χ3v) is 3.94. The highest BCUT2D eigenvalue weighted by Crippen LogP contribution is 2.08. The number of ether oxygens (including phenoxy) is 1. The Bertz CT molecular complexity index is 907. The van der Waals surface area contributed by atoms with E-state index >= 15 is 0 Å². The highest BCUT2D eigenvalue weighted by molar-refractivity contribution is 5.94. The SMILES string of the molecule is [N-]=[N+]=NC[C@H](CC(=O)O)NC(=O)c1ccc(CNC(=O)COc2ccccc2)cc1. The minimum absolute atomic E-state index is 0.110. The molecule has 0 fully saturated rings. The number of hydrogen-bond donors (Lipinski definition) is 3. The Morgan fingerprint density at radius 2 is 1.80 bits per heavy atom. The molecule has 0 bridgehead atoms. The van der Waals surface area contributed by atoms with Crippen molar-refractivity contribution < 1.29 is 24.2 Å². The number of hydrogen-bond acceptors (Lipinski definition) is 5. The van der Waals surface area contributed by atoms with Crippen LogP contribution in [0.5, 0.6) is 5.75 Å². The van der Waals surface area contributed by atoms with E-state index < -0.39 is 17.9 Å². The van der Waals surface area contributed by atoms with E-state index in [1.807, 2.05) is 18.2 Å². The van der Waals surface area contributed by atoms with Crippen LogP contribution < -0.4 is 15.4 Å². The molecule has 0 aliphatic rings. The Balaban J connectivity index is 1.82. The summed E-state index contributed by atoms with van der Waals surface area (Å²) >= 11 is 0. The summed E-state index contributed by atoms with van der Waals surface area (Å²) in [7, 11) is 0. The summed E-state index contributed by atoms with van der Waals surface area (Å²) in [5.74, 6) is -1.28. The number of carboxylic acid groups (broad SMARTS) is 1. The molecular weight excluding hydrogens is 390 g/mol. The molecule has 0 saturated heterocycles. The summed E-state index contributed by atoms with van der Waals surface area (Å²) in [6, 6.07) is 14.6. The summed E-state index contributed by atoms with van der Waals surface area (Å²) < 4.78 is 5.36. The van der Waals surface area contributed by atoms with Crippen molar-refractivity contribution in [1.29, 1.82) is 0 Å². The zero-order chi connectivity index (χ0) is 21.8. The van der Waals surface area contributed by atoms with Gasteiger partial charge in [-0.3, -0.25) is 14.4 Å². The predicted octanol–water partition coefficient (Wildman–Crippen LogP) is 2.27. The van der Waals surface area contributed by atoms with Gasteiger partial charge in [0.2, 0.25) is 0 Å². The minimum Gasteiger partial charge on any atom is -0.484 e. The van der Waals surface area contributed by atoms with Crippen molar-refractivity contribution in [2.45, 2.75) is 19.0 Å². The fourth-order valence-corrected chi connectivity index (χ4v) is 2.47. The van der Waals surface area contributed by atoms with E-state index in [0.29, 0.717) is 11.3 Å². The van der Waals surface area contributed by atoms with E-state index in [-0.39, 0.29) is 32.0 Å². The van der Waals surface area contributed by atoms with Crippen molar-refractivity contribution in [3.63, 3.8) is 0 Å². The number of rotatable bonds is 11. The van der Waals surface area contributed by atoms with Crippen molar-refractivity contribution in [2.75, 3.05) is 13.2 Å². The number of nitrogens with zero attached hydrogens (tertiary/aromatic N) is 3. The molecule has 2 aromatic rings. The Labute approximate surface area is 172 Å². The van der Waals surface area contributed by atoms with Gasteiger partial charge in [-0.05, 0) is 35.4 Å². The average molecular weight is 411 g/mol. The van der Waals surface area contributed by atoms with Gasteiger partial charge in [0, 0.05) is 29.6 Å². The zero-order valence-electron chi connectivity index (χ0n) is 16.0. The van der Waals surface area contributed by atoms with Gasteiger partial charge in [0.25, 0.3) is 11.8 Å². The lowest BCUT2D eigenvalue weighted by molar-refractivity contribution is -0.137. The normalized spacial score (nSPS) is 10.9. The first kappa shape index (κ1) is 22.3. The fourth-order valence-electron chi connectivity index (χ4n) is 2.47. The van der Waals surface area contributed by atoms with E-state index in [1.54, 1.807) is 36.4 Å². The summed E-state index contributed by atoms with van der Waals surface area (Å²) in [6.45, 7) is -0.0121. The van der Waals surface area contributed by atoms with Crippen LogP contribution in [0.1, 0.15) is 22.3 Å². The molecule has 0 radical (unpaired) electrons. The van der Waals surface area contributed by atoms with Crippen LogP contribution in [0.4, 0.5) is 0 Å². The van der Waals surface area contributed by atoms with E-state index in [0.717, 1.165) is 5.56 Å². The van der Waals surface area contributed by atoms with Crippen molar-refractivity contribution in [1.82, 2.24) is 10.6 Å². The van der Waals surface area contributed by atoms with Gasteiger partial charge in [0.1, 0.15) is 5.75 Å². The quantitative estimate of drug-likeness (QED) is 0.294. The molecule has 2 rings (SSSR count). The fraction of sp³-hybridized carbons (Fsp3) is 0.250. The van der Waals surface area contributed by atoms with Crippen LogP contribution in [0, 0.1) is 0 Å². The van der Waals surface area contributed by atoms with Gasteiger partial charge < -0.3 is 20.5 Å². The maximum atomic E-state index is 12.3. The number of aliphatic carboxylic acids is 1. The van der Waals surface area contributed by atoms with Crippen LogP contribution in [0.2, 0.25) is 0 Å². The molecule has 2 amide bonds. The van der Waals surface area contributed by atoms with E-state index in [1.165, 1.54) is 0 Å². The molecule has 10 heteroatoms. The first-order chi connectivity index (χ1) is 14.5. The first-order valence-electron chi connectivity index (χ1n) is 9.05. The highest BCUT2D eigenvalue weighted by Gasteiger charge is 2.16. The van der Waals surface area contributed by atoms with Crippen molar-refractivity contribution >= 4 is 17.8 Å². The molecule has 0 spiro atoms. The second-order valence-electron chi connectivity index (χ2n) is 6.26. The number of carboxylic acids is 1. The predicted molar refractivity (Wildman–Crippen MR) is 108 cm³/mol. The van der Waals surface area contributed by atoms with Crippen LogP contribution >= 0.6 is 0 Å². The second kappa shape index (κ2) is 11.7. The van der Waals surface area contributed by atoms with E-state index in [4.69, 9.17) is 15.4 Å². The number of azide groups is 1. The number of carbonyl (C=O) groups excluding carboxylic acids is 2. The second-order valence-corrected chi connectivity index (χ2v) is 6.26. The third kappa shape index (κ3) is 7.91. The molecule has 1 atom stereocenters. The summed E-state index contributed by atoms with van der Waals surface area (Å²) in [6.07, 6.45) is -0.361. The van der Waals surface area contributed by atoms with Crippen LogP contribution in [0.15, 0.2) is 59.7 Å². The first-order valence-corrected chi connectivity index (χ1v) is 9.05. The van der Waals surface area contributed by atoms with Crippen molar-refractivity contribution in [2.24, 2.45) is 5.11 Å². The Morgan fingerprint density at radius 1 is 1.10 bits per heavy atom. The zero-order valence-corrected chi connectivity index (χ0v) is 16.0. The molecule has 0 aromatic heterocycles. The maximum Gasteiger partial charge on any atom is 0.305 e. The van der Waals surface area contributed by atoms with E-state index in [9.17, 15) is 14.4 Å². The van der Waals surface area contributed by atoms with Crippen LogP contribution in [0.3, 0.4) is 0 Å². The number of para-hydroxylation sites is 1. The average Bonchev–Trinajstić information content (AvgIpc) is 2.75. The van der Waals surface area contributed by atoms with Gasteiger partial charge in [-0.1, -0.05) is 35.4 Å². The van der Waals surface area contributed by atoms with Crippen LogP contribution in [-0.4, -0.2) is 42.1 Å². The Kier molecular flexibility index (Phi) is 8.70. The van der Waals surface area contributed by atoms with Crippen molar-refractivity contribution in [3.8, 4) is 5.75 Å². The molecular formula is C20H21N5O5. The van der Waals surface area contributed by atoms with Gasteiger partial charge in [-0.2, -0.15) is 0 Å². The third-order valence-electron chi connectivity index (χ3n) is 3.94. The molecule has 0 aliphatic carbocycles. The largest absolute Gasteiger partial charge is 0.484 e. The molecule has 0 saturated carbocycles. The molecule has 30 heavy (non-hydrogen) atoms. The lowest BCUT2D eigenvalue weighted by atomic mass is 10.1. The maximum absolute atomic E-state index is 12.3. The minimum atomic E-state index is -1.12. The van der Waals surface area contributed by atoms with Gasteiger partial charge in [-0.25, -0.2) is 0 Å². The van der Waals surface area contributed by atoms with Gasteiger partial charge in [0.05, 0.1) is 6.42 Å². The molecule has 2 aromatic carbocycles. The standard InChI is InChI=1S/C20H21N5O5/c21-25-23-12-16(10-19(27)28)24-20(29)15-8-6-14(7-9-15)11-22-18(26)13-30-17-4-2-1-3-5-17/h1-9,16H,10-13H2,(H,22,26)(H,24,29)(H,27,28)/t16-/m0/s1. The monoisotopic (exact) mass is 411 g/mol. The molecule has 156 valence electrons. The topological polar surface area (TPSA) is 153 Å². The van der Waals surface area contributed by atoms with Crippen molar-refractivity contribution in [3.05, 3.63) is 76.2 Å². The summed E-state index contributed by atoms with van der Waals surface area (Å²) in [5.41, 5.74) is 9.46. The molecule has 10 nitrogen and oxygen atoms in total. The van der Waals surface area contributed by atoms with Gasteiger partial charge >= 0.3 is 5.97 Å². The Morgan fingerprint density at radius 3 is 2.43 bits per heavy atom. The highest BCUT2D eigenvalue weighted by atomic mass is 16.5. The Hall–Kier alpha value is -4.04. The van der Waals surface area contributed by atoms with Crippen LogP contribution in [-0.2, 0) is 16.1 Å². The number of benzene rings is 2. The van der Waals surface area contributed by atoms with Gasteiger partial charge in [0.15, 0.2) is 6.61 Å². The summed E-state index contributed by atoms with van der Waals surface area (Å²) in [5, 5.41) is 17.4. The smallest absolute Gasteiger partial charge is 0.305 e. The lowest BCUT2D eigenvalue weighted by Gasteiger charge is -2.14. The molecule has 0 heterocycles. The molecule has 3 N–H and O–H groups in total. The molecule has 0 aliphatic heterocycles. The lowest BCUT2D eigenvalue weighted by Crippen LogP contribution is -2.38. The molecule has 0 unspecified atom stereocenters. The van der Waals surface area contributed by atoms with Crippen LogP contribution in [0.25, 0.3) is 10.4 Å². The van der Waals surface area contributed by atoms with Gasteiger partial charge in [-0.15, -0.1) is 0 Å². The van der Waals surface area contributed by atoms with E-state index in [2.05, 4.69) is 20.7 Å². The number of carbonyl (C=O) groups is 3. The summed E-state index contributed by atoms with van der Waals surface area (Å²) in [4.78, 5) is 37.6.